The van der Waals surface area contributed by atoms with Crippen molar-refractivity contribution in [3.8, 4) is 0 Å². The summed E-state index contributed by atoms with van der Waals surface area (Å²) in [5.74, 6) is -0.294. The molecule has 0 aliphatic carbocycles. The van der Waals surface area contributed by atoms with Crippen molar-refractivity contribution in [2.75, 3.05) is 19.6 Å². The Morgan fingerprint density at radius 1 is 1.52 bits per heavy atom. The topological polar surface area (TPSA) is 50.2 Å². The fraction of sp³-hybridized carbons (Fsp3) is 0.692. The van der Waals surface area contributed by atoms with Crippen LogP contribution >= 0.6 is 0 Å². The quantitative estimate of drug-likeness (QED) is 0.920. The molecule has 5 nitrogen and oxygen atoms in total. The summed E-state index contributed by atoms with van der Waals surface area (Å²) in [5.41, 5.74) is 1.14. The predicted molar refractivity (Wildman–Crippen MR) is 70.9 cm³/mol. The molecule has 0 saturated carbocycles. The monoisotopic (exact) mass is 304 g/mol. The highest BCUT2D eigenvalue weighted by atomic mass is 19.4. The van der Waals surface area contributed by atoms with Crippen LogP contribution in [0.1, 0.15) is 29.0 Å². The molecule has 1 atom stereocenters. The van der Waals surface area contributed by atoms with Crippen molar-refractivity contribution in [3.05, 3.63) is 17.5 Å². The average molecular weight is 304 g/mol. The van der Waals surface area contributed by atoms with Crippen molar-refractivity contribution < 1.29 is 18.0 Å². The Labute approximate surface area is 121 Å². The van der Waals surface area contributed by atoms with Crippen LogP contribution in [0.2, 0.25) is 0 Å². The fourth-order valence-corrected chi connectivity index (χ4v) is 2.65. The molecule has 0 bridgehead atoms. The number of aryl methyl sites for hydroxylation is 2. The number of piperidine rings is 1. The normalized spacial score (nSPS) is 20.5. The lowest BCUT2D eigenvalue weighted by atomic mass is 10.1. The van der Waals surface area contributed by atoms with Gasteiger partial charge in [-0.15, -0.1) is 0 Å². The van der Waals surface area contributed by atoms with Crippen LogP contribution in [0.25, 0.3) is 0 Å². The number of likely N-dealkylation sites (tertiary alicyclic amines) is 1. The molecule has 1 saturated heterocycles. The molecule has 1 N–H and O–H groups in total. The van der Waals surface area contributed by atoms with Crippen LogP contribution in [0.4, 0.5) is 13.2 Å². The van der Waals surface area contributed by atoms with E-state index >= 15 is 0 Å². The van der Waals surface area contributed by atoms with Gasteiger partial charge in [0.25, 0.3) is 5.91 Å². The summed E-state index contributed by atoms with van der Waals surface area (Å²) in [7, 11) is 1.67. The second-order valence-corrected chi connectivity index (χ2v) is 5.46. The summed E-state index contributed by atoms with van der Waals surface area (Å²) in [6.45, 7) is 1.49. The maximum atomic E-state index is 12.4. The number of aromatic nitrogens is 2. The third kappa shape index (κ3) is 4.45. The van der Waals surface area contributed by atoms with E-state index in [1.165, 1.54) is 9.58 Å². The molecule has 2 heterocycles. The first-order valence-electron chi connectivity index (χ1n) is 6.85. The molecule has 1 aromatic heterocycles. The van der Waals surface area contributed by atoms with E-state index in [4.69, 9.17) is 0 Å². The van der Waals surface area contributed by atoms with Gasteiger partial charge >= 0.3 is 6.18 Å². The molecule has 1 aliphatic rings. The fourth-order valence-electron chi connectivity index (χ4n) is 2.65. The van der Waals surface area contributed by atoms with Crippen molar-refractivity contribution in [3.63, 3.8) is 0 Å². The smallest absolute Gasteiger partial charge is 0.347 e. The van der Waals surface area contributed by atoms with Crippen molar-refractivity contribution in [1.29, 1.82) is 0 Å². The molecule has 21 heavy (non-hydrogen) atoms. The first-order chi connectivity index (χ1) is 9.74. The van der Waals surface area contributed by atoms with Crippen molar-refractivity contribution in [2.45, 2.75) is 32.0 Å². The van der Waals surface area contributed by atoms with Gasteiger partial charge in [-0.3, -0.25) is 14.4 Å². The van der Waals surface area contributed by atoms with Crippen LogP contribution in [-0.2, 0) is 7.05 Å². The number of nitrogens with zero attached hydrogens (tertiary/aromatic N) is 3. The van der Waals surface area contributed by atoms with E-state index in [0.717, 1.165) is 5.69 Å². The molecule has 8 heteroatoms. The van der Waals surface area contributed by atoms with Gasteiger partial charge in [0.2, 0.25) is 0 Å². The van der Waals surface area contributed by atoms with E-state index in [-0.39, 0.29) is 18.5 Å². The van der Waals surface area contributed by atoms with Crippen LogP contribution in [0.3, 0.4) is 0 Å². The number of amides is 1. The van der Waals surface area contributed by atoms with Crippen LogP contribution < -0.4 is 5.32 Å². The Kier molecular flexibility index (Phi) is 4.55. The van der Waals surface area contributed by atoms with Gasteiger partial charge in [0, 0.05) is 19.6 Å². The second kappa shape index (κ2) is 6.05. The molecular formula is C13H19F3N4O. The number of hydrogen-bond acceptors (Lipinski definition) is 3. The van der Waals surface area contributed by atoms with Gasteiger partial charge in [-0.1, -0.05) is 0 Å². The van der Waals surface area contributed by atoms with Gasteiger partial charge in [-0.2, -0.15) is 18.3 Å². The van der Waals surface area contributed by atoms with E-state index in [1.807, 2.05) is 0 Å². The zero-order valence-corrected chi connectivity index (χ0v) is 12.1. The number of halogens is 3. The lowest BCUT2D eigenvalue weighted by Crippen LogP contribution is -2.50. The van der Waals surface area contributed by atoms with Gasteiger partial charge in [0.1, 0.15) is 5.69 Å². The third-order valence-electron chi connectivity index (χ3n) is 3.48. The minimum absolute atomic E-state index is 0.224. The number of carbonyl (C=O) groups excluding carboxylic acids is 1. The molecular weight excluding hydrogens is 285 g/mol. The predicted octanol–water partition coefficient (Wildman–Crippen LogP) is 1.49. The van der Waals surface area contributed by atoms with Crippen molar-refractivity contribution in [2.24, 2.45) is 7.05 Å². The average Bonchev–Trinajstić information content (AvgIpc) is 2.66. The summed E-state index contributed by atoms with van der Waals surface area (Å²) < 4.78 is 38.7. The van der Waals surface area contributed by atoms with Crippen LogP contribution in [0.5, 0.6) is 0 Å². The SMILES string of the molecule is Cc1cc(C(=O)NC2CCCN(CC(F)(F)F)C2)n(C)n1. The largest absolute Gasteiger partial charge is 0.401 e. The van der Waals surface area contributed by atoms with Gasteiger partial charge in [-0.05, 0) is 32.4 Å². The Morgan fingerprint density at radius 3 is 2.81 bits per heavy atom. The van der Waals surface area contributed by atoms with Crippen molar-refractivity contribution in [1.82, 2.24) is 20.0 Å². The summed E-state index contributed by atoms with van der Waals surface area (Å²) in [4.78, 5) is 13.5. The van der Waals surface area contributed by atoms with Crippen LogP contribution in [-0.4, -0.2) is 52.4 Å². The Hall–Kier alpha value is -1.57. The minimum atomic E-state index is -4.20. The van der Waals surface area contributed by atoms with E-state index < -0.39 is 12.7 Å². The summed E-state index contributed by atoms with van der Waals surface area (Å²) in [6, 6.07) is 1.40. The van der Waals surface area contributed by atoms with Crippen LogP contribution in [0, 0.1) is 6.92 Å². The minimum Gasteiger partial charge on any atom is -0.347 e. The van der Waals surface area contributed by atoms with E-state index in [0.29, 0.717) is 25.1 Å². The maximum Gasteiger partial charge on any atom is 0.401 e. The highest BCUT2D eigenvalue weighted by Gasteiger charge is 2.33. The highest BCUT2D eigenvalue weighted by molar-refractivity contribution is 5.92. The van der Waals surface area contributed by atoms with Gasteiger partial charge < -0.3 is 5.32 Å². The molecule has 118 valence electrons. The Bertz CT molecular complexity index is 512. The van der Waals surface area contributed by atoms with E-state index in [1.54, 1.807) is 20.0 Å². The number of carbonyl (C=O) groups is 1. The summed E-state index contributed by atoms with van der Waals surface area (Å²) in [6.07, 6.45) is -2.87. The number of rotatable bonds is 3. The summed E-state index contributed by atoms with van der Waals surface area (Å²) >= 11 is 0. The Balaban J connectivity index is 1.93. The van der Waals surface area contributed by atoms with Crippen LogP contribution in [0.15, 0.2) is 6.07 Å². The lowest BCUT2D eigenvalue weighted by molar-refractivity contribution is -0.148. The molecule has 2 rings (SSSR count). The maximum absolute atomic E-state index is 12.4. The zero-order valence-electron chi connectivity index (χ0n) is 12.1. The zero-order chi connectivity index (χ0) is 15.6. The summed E-state index contributed by atoms with van der Waals surface area (Å²) in [5, 5.41) is 6.88. The van der Waals surface area contributed by atoms with Gasteiger partial charge in [-0.25, -0.2) is 0 Å². The van der Waals surface area contributed by atoms with E-state index in [9.17, 15) is 18.0 Å². The first-order valence-corrected chi connectivity index (χ1v) is 6.85. The molecule has 0 aromatic carbocycles. The number of alkyl halides is 3. The third-order valence-corrected chi connectivity index (χ3v) is 3.48. The Morgan fingerprint density at radius 2 is 2.24 bits per heavy atom. The standard InChI is InChI=1S/C13H19F3N4O/c1-9-6-11(19(2)18-9)12(21)17-10-4-3-5-20(7-10)8-13(14,15)16/h6,10H,3-5,7-8H2,1-2H3,(H,17,21). The molecule has 1 fully saturated rings. The van der Waals surface area contributed by atoms with Crippen molar-refractivity contribution >= 4 is 5.91 Å². The molecule has 1 aromatic rings. The second-order valence-electron chi connectivity index (χ2n) is 5.46. The van der Waals surface area contributed by atoms with E-state index in [2.05, 4.69) is 10.4 Å². The molecule has 0 spiro atoms. The molecule has 1 aliphatic heterocycles. The van der Waals surface area contributed by atoms with Gasteiger partial charge in [0.05, 0.1) is 12.2 Å². The number of nitrogens with one attached hydrogen (secondary N) is 1. The number of hydrogen-bond donors (Lipinski definition) is 1. The van der Waals surface area contributed by atoms with Gasteiger partial charge in [0.15, 0.2) is 0 Å². The molecule has 1 unspecified atom stereocenters. The first kappa shape index (κ1) is 15.8. The molecule has 1 amide bonds. The lowest BCUT2D eigenvalue weighted by Gasteiger charge is -2.33. The molecule has 0 radical (unpaired) electrons. The highest BCUT2D eigenvalue weighted by Crippen LogP contribution is 2.20.